The van der Waals surface area contributed by atoms with Crippen molar-refractivity contribution in [2.75, 3.05) is 11.4 Å². The van der Waals surface area contributed by atoms with Crippen molar-refractivity contribution >= 4 is 17.3 Å². The average molecular weight is 226 g/mol. The fraction of sp³-hybridized carbons (Fsp3) is 0.538. The normalized spacial score (nSPS) is 10.7. The molecular formula is C13H20ClN. The molecule has 0 saturated heterocycles. The van der Waals surface area contributed by atoms with Crippen molar-refractivity contribution < 1.29 is 0 Å². The summed E-state index contributed by atoms with van der Waals surface area (Å²) < 4.78 is 0. The summed E-state index contributed by atoms with van der Waals surface area (Å²) >= 11 is 5.95. The van der Waals surface area contributed by atoms with Crippen molar-refractivity contribution in [3.05, 3.63) is 29.8 Å². The molecular weight excluding hydrogens is 206 g/mol. The van der Waals surface area contributed by atoms with Crippen LogP contribution in [0.4, 0.5) is 5.69 Å². The summed E-state index contributed by atoms with van der Waals surface area (Å²) in [6.07, 6.45) is 1.16. The number of rotatable bonds is 5. The minimum absolute atomic E-state index is 0.523. The molecule has 1 rings (SSSR count). The van der Waals surface area contributed by atoms with Crippen molar-refractivity contribution in [2.24, 2.45) is 0 Å². The lowest BCUT2D eigenvalue weighted by Crippen LogP contribution is -2.32. The van der Waals surface area contributed by atoms with Gasteiger partial charge >= 0.3 is 0 Å². The smallest absolute Gasteiger partial charge is 0.0494 e. The van der Waals surface area contributed by atoms with Crippen LogP contribution in [0.3, 0.4) is 0 Å². The Kier molecular flexibility index (Phi) is 4.97. The summed E-state index contributed by atoms with van der Waals surface area (Å²) in [6, 6.07) is 8.91. The Bertz CT molecular complexity index is 296. The predicted molar refractivity (Wildman–Crippen MR) is 68.8 cm³/mol. The van der Waals surface area contributed by atoms with E-state index >= 15 is 0 Å². The molecule has 0 aliphatic carbocycles. The molecule has 0 heterocycles. The highest BCUT2D eigenvalue weighted by Crippen LogP contribution is 2.24. The third-order valence-corrected chi connectivity index (χ3v) is 2.82. The van der Waals surface area contributed by atoms with Gasteiger partial charge in [-0.2, -0.15) is 0 Å². The molecule has 0 aromatic heterocycles. The molecule has 84 valence electrons. The third kappa shape index (κ3) is 3.13. The van der Waals surface area contributed by atoms with Gasteiger partial charge in [-0.1, -0.05) is 25.1 Å². The molecule has 0 unspecified atom stereocenters. The molecule has 1 aromatic rings. The number of hydrogen-bond donors (Lipinski definition) is 0. The van der Waals surface area contributed by atoms with Gasteiger partial charge in [0.15, 0.2) is 0 Å². The highest BCUT2D eigenvalue weighted by Gasteiger charge is 2.12. The molecule has 0 fully saturated rings. The number of benzene rings is 1. The van der Waals surface area contributed by atoms with Gasteiger partial charge in [-0.05, 0) is 31.9 Å². The molecule has 0 aliphatic heterocycles. The fourth-order valence-corrected chi connectivity index (χ4v) is 2.03. The van der Waals surface area contributed by atoms with Gasteiger partial charge in [0.2, 0.25) is 0 Å². The molecule has 0 atom stereocenters. The standard InChI is InChI=1S/C13H20ClN/c1-4-9-15(11(2)3)13-8-6-5-7-12(13)10-14/h5-8,11H,4,9-10H2,1-3H3. The lowest BCUT2D eigenvalue weighted by atomic mass is 10.1. The minimum atomic E-state index is 0.523. The van der Waals surface area contributed by atoms with E-state index in [2.05, 4.69) is 43.9 Å². The minimum Gasteiger partial charge on any atom is -0.369 e. The van der Waals surface area contributed by atoms with Crippen molar-refractivity contribution in [1.29, 1.82) is 0 Å². The largest absolute Gasteiger partial charge is 0.369 e. The first-order chi connectivity index (χ1) is 7.20. The Morgan fingerprint density at radius 2 is 1.93 bits per heavy atom. The van der Waals surface area contributed by atoms with Crippen LogP contribution >= 0.6 is 11.6 Å². The van der Waals surface area contributed by atoms with Gasteiger partial charge in [0, 0.05) is 24.2 Å². The molecule has 0 N–H and O–H groups in total. The van der Waals surface area contributed by atoms with E-state index in [4.69, 9.17) is 11.6 Å². The number of halogens is 1. The van der Waals surface area contributed by atoms with E-state index < -0.39 is 0 Å². The first kappa shape index (κ1) is 12.4. The van der Waals surface area contributed by atoms with E-state index in [1.807, 2.05) is 6.07 Å². The Morgan fingerprint density at radius 3 is 2.47 bits per heavy atom. The summed E-state index contributed by atoms with van der Waals surface area (Å²) in [7, 11) is 0. The third-order valence-electron chi connectivity index (χ3n) is 2.53. The van der Waals surface area contributed by atoms with Crippen molar-refractivity contribution in [2.45, 2.75) is 39.1 Å². The zero-order valence-electron chi connectivity index (χ0n) is 9.83. The molecule has 0 aliphatic rings. The number of nitrogens with zero attached hydrogens (tertiary/aromatic N) is 1. The van der Waals surface area contributed by atoms with Crippen LogP contribution in [0.25, 0.3) is 0 Å². The predicted octanol–water partition coefficient (Wildman–Crippen LogP) is 4.05. The van der Waals surface area contributed by atoms with Crippen LogP contribution in [0.15, 0.2) is 24.3 Å². The van der Waals surface area contributed by atoms with Crippen LogP contribution < -0.4 is 4.90 Å². The number of para-hydroxylation sites is 1. The Labute approximate surface area is 98.0 Å². The molecule has 0 bridgehead atoms. The lowest BCUT2D eigenvalue weighted by molar-refractivity contribution is 0.669. The summed E-state index contributed by atoms with van der Waals surface area (Å²) in [4.78, 5) is 2.41. The first-order valence-corrected chi connectivity index (χ1v) is 6.14. The van der Waals surface area contributed by atoms with E-state index in [0.717, 1.165) is 13.0 Å². The van der Waals surface area contributed by atoms with E-state index in [1.54, 1.807) is 0 Å². The van der Waals surface area contributed by atoms with Crippen LogP contribution in [0.5, 0.6) is 0 Å². The zero-order chi connectivity index (χ0) is 11.3. The summed E-state index contributed by atoms with van der Waals surface area (Å²) in [5.41, 5.74) is 2.51. The van der Waals surface area contributed by atoms with E-state index in [9.17, 15) is 0 Å². The Morgan fingerprint density at radius 1 is 1.27 bits per heavy atom. The molecule has 2 heteroatoms. The maximum absolute atomic E-state index is 5.95. The molecule has 15 heavy (non-hydrogen) atoms. The van der Waals surface area contributed by atoms with Crippen LogP contribution in [-0.4, -0.2) is 12.6 Å². The molecule has 0 saturated carbocycles. The Hall–Kier alpha value is -0.690. The van der Waals surface area contributed by atoms with Crippen LogP contribution in [0.1, 0.15) is 32.8 Å². The van der Waals surface area contributed by atoms with Crippen molar-refractivity contribution in [3.8, 4) is 0 Å². The van der Waals surface area contributed by atoms with Crippen LogP contribution in [0, 0.1) is 0 Å². The van der Waals surface area contributed by atoms with E-state index in [1.165, 1.54) is 11.3 Å². The fourth-order valence-electron chi connectivity index (χ4n) is 1.80. The second kappa shape index (κ2) is 6.02. The maximum atomic E-state index is 5.95. The van der Waals surface area contributed by atoms with E-state index in [0.29, 0.717) is 11.9 Å². The Balaban J connectivity index is 2.98. The average Bonchev–Trinajstić information content (AvgIpc) is 2.25. The lowest BCUT2D eigenvalue weighted by Gasteiger charge is -2.30. The molecule has 1 aromatic carbocycles. The SMILES string of the molecule is CCCN(c1ccccc1CCl)C(C)C. The molecule has 1 nitrogen and oxygen atoms in total. The van der Waals surface area contributed by atoms with Gasteiger partial charge in [-0.15, -0.1) is 11.6 Å². The van der Waals surface area contributed by atoms with Gasteiger partial charge in [0.1, 0.15) is 0 Å². The van der Waals surface area contributed by atoms with Crippen LogP contribution in [-0.2, 0) is 5.88 Å². The molecule has 0 radical (unpaired) electrons. The van der Waals surface area contributed by atoms with E-state index in [-0.39, 0.29) is 0 Å². The first-order valence-electron chi connectivity index (χ1n) is 5.61. The topological polar surface area (TPSA) is 3.24 Å². The molecule has 0 amide bonds. The number of anilines is 1. The second-order valence-electron chi connectivity index (χ2n) is 4.05. The van der Waals surface area contributed by atoms with Gasteiger partial charge in [-0.3, -0.25) is 0 Å². The van der Waals surface area contributed by atoms with Crippen molar-refractivity contribution in [1.82, 2.24) is 0 Å². The summed E-state index contributed by atoms with van der Waals surface area (Å²) in [6.45, 7) is 7.74. The number of hydrogen-bond acceptors (Lipinski definition) is 1. The van der Waals surface area contributed by atoms with Crippen molar-refractivity contribution in [3.63, 3.8) is 0 Å². The summed E-state index contributed by atoms with van der Waals surface area (Å²) in [5.74, 6) is 0.586. The number of alkyl halides is 1. The zero-order valence-corrected chi connectivity index (χ0v) is 10.6. The van der Waals surface area contributed by atoms with Gasteiger partial charge in [-0.25, -0.2) is 0 Å². The highest BCUT2D eigenvalue weighted by molar-refractivity contribution is 6.17. The molecule has 0 spiro atoms. The van der Waals surface area contributed by atoms with Gasteiger partial charge < -0.3 is 4.90 Å². The summed E-state index contributed by atoms with van der Waals surface area (Å²) in [5, 5.41) is 0. The van der Waals surface area contributed by atoms with Crippen LogP contribution in [0.2, 0.25) is 0 Å². The quantitative estimate of drug-likeness (QED) is 0.684. The van der Waals surface area contributed by atoms with Gasteiger partial charge in [0.25, 0.3) is 0 Å². The maximum Gasteiger partial charge on any atom is 0.0494 e. The monoisotopic (exact) mass is 225 g/mol. The van der Waals surface area contributed by atoms with Gasteiger partial charge in [0.05, 0.1) is 0 Å². The highest BCUT2D eigenvalue weighted by atomic mass is 35.5. The second-order valence-corrected chi connectivity index (χ2v) is 4.32.